The minimum Gasteiger partial charge on any atom is -0.398 e. The van der Waals surface area contributed by atoms with E-state index in [9.17, 15) is 0 Å². The van der Waals surface area contributed by atoms with Gasteiger partial charge in [-0.05, 0) is 29.7 Å². The molecule has 1 aliphatic rings. The summed E-state index contributed by atoms with van der Waals surface area (Å²) in [5.74, 6) is 0. The van der Waals surface area contributed by atoms with Crippen molar-refractivity contribution in [2.24, 2.45) is 0 Å². The van der Waals surface area contributed by atoms with Crippen molar-refractivity contribution >= 4 is 11.3 Å². The highest BCUT2D eigenvalue weighted by atomic mass is 15.1. The number of nitrogens with two attached hydrogens (primary N) is 1. The average Bonchev–Trinajstić information content (AvgIpc) is 2.94. The molecule has 0 bridgehead atoms. The molecule has 3 heterocycles. The van der Waals surface area contributed by atoms with Gasteiger partial charge in [-0.3, -0.25) is 4.90 Å². The van der Waals surface area contributed by atoms with Gasteiger partial charge in [0.2, 0.25) is 0 Å². The van der Waals surface area contributed by atoms with Crippen LogP contribution in [0.4, 0.5) is 5.69 Å². The van der Waals surface area contributed by atoms with E-state index < -0.39 is 0 Å². The highest BCUT2D eigenvalue weighted by Crippen LogP contribution is 2.18. The van der Waals surface area contributed by atoms with Crippen molar-refractivity contribution in [3.05, 3.63) is 65.6 Å². The summed E-state index contributed by atoms with van der Waals surface area (Å²) in [7, 11) is 0. The van der Waals surface area contributed by atoms with Crippen LogP contribution < -0.4 is 5.73 Å². The summed E-state index contributed by atoms with van der Waals surface area (Å²) < 4.78 is 2.01. The molecule has 22 heavy (non-hydrogen) atoms. The number of aromatic nitrogens is 2. The molecular formula is C18H20N4. The second-order valence-corrected chi connectivity index (χ2v) is 6.01. The second-order valence-electron chi connectivity index (χ2n) is 6.01. The van der Waals surface area contributed by atoms with Gasteiger partial charge >= 0.3 is 0 Å². The summed E-state index contributed by atoms with van der Waals surface area (Å²) in [4.78, 5) is 7.18. The Morgan fingerprint density at radius 1 is 1.05 bits per heavy atom. The van der Waals surface area contributed by atoms with E-state index in [1.54, 1.807) is 0 Å². The zero-order valence-corrected chi connectivity index (χ0v) is 12.6. The quantitative estimate of drug-likeness (QED) is 0.807. The van der Waals surface area contributed by atoms with Crippen LogP contribution >= 0.6 is 0 Å². The van der Waals surface area contributed by atoms with Crippen LogP contribution in [0.3, 0.4) is 0 Å². The topological polar surface area (TPSA) is 46.6 Å². The van der Waals surface area contributed by atoms with Crippen molar-refractivity contribution in [3.63, 3.8) is 0 Å². The predicted molar refractivity (Wildman–Crippen MR) is 88.7 cm³/mol. The predicted octanol–water partition coefficient (Wildman–Crippen LogP) is 2.52. The lowest BCUT2D eigenvalue weighted by molar-refractivity contribution is 0.257. The largest absolute Gasteiger partial charge is 0.398 e. The molecule has 0 amide bonds. The fraction of sp³-hybridized carbons (Fsp3) is 0.278. The van der Waals surface area contributed by atoms with E-state index in [1.165, 1.54) is 11.1 Å². The van der Waals surface area contributed by atoms with Crippen LogP contribution in [0.15, 0.2) is 48.8 Å². The molecule has 1 aliphatic heterocycles. The van der Waals surface area contributed by atoms with Crippen molar-refractivity contribution in [1.82, 2.24) is 14.3 Å². The molecule has 0 radical (unpaired) electrons. The summed E-state index contributed by atoms with van der Waals surface area (Å²) in [6.45, 7) is 3.24. The molecule has 112 valence electrons. The third-order valence-corrected chi connectivity index (χ3v) is 4.42. The average molecular weight is 292 g/mol. The maximum Gasteiger partial charge on any atom is 0.137 e. The molecule has 0 saturated heterocycles. The molecule has 0 atom stereocenters. The zero-order valence-electron chi connectivity index (χ0n) is 12.6. The Bertz CT molecular complexity index is 806. The number of hydrogen-bond acceptors (Lipinski definition) is 3. The van der Waals surface area contributed by atoms with Crippen LogP contribution in [-0.4, -0.2) is 27.4 Å². The van der Waals surface area contributed by atoms with Gasteiger partial charge in [-0.25, -0.2) is 4.98 Å². The maximum absolute atomic E-state index is 5.81. The van der Waals surface area contributed by atoms with E-state index in [0.29, 0.717) is 0 Å². The first-order valence-corrected chi connectivity index (χ1v) is 7.80. The van der Waals surface area contributed by atoms with Gasteiger partial charge in [0, 0.05) is 44.1 Å². The van der Waals surface area contributed by atoms with Gasteiger partial charge < -0.3 is 10.1 Å². The number of pyridine rings is 1. The summed E-state index contributed by atoms with van der Waals surface area (Å²) in [6, 6.07) is 12.6. The van der Waals surface area contributed by atoms with Crippen molar-refractivity contribution in [2.75, 3.05) is 18.8 Å². The Morgan fingerprint density at radius 2 is 1.91 bits per heavy atom. The number of benzene rings is 1. The van der Waals surface area contributed by atoms with Crippen LogP contribution in [-0.2, 0) is 19.4 Å². The van der Waals surface area contributed by atoms with E-state index in [4.69, 9.17) is 5.73 Å². The van der Waals surface area contributed by atoms with Gasteiger partial charge in [0.05, 0.1) is 5.69 Å². The number of hydrogen-bond donors (Lipinski definition) is 1. The number of fused-ring (bicyclic) bond motifs is 2. The van der Waals surface area contributed by atoms with E-state index in [1.807, 2.05) is 22.7 Å². The number of anilines is 1. The van der Waals surface area contributed by atoms with E-state index >= 15 is 0 Å². The Kier molecular flexibility index (Phi) is 3.31. The number of nitrogens with zero attached hydrogens (tertiary/aromatic N) is 3. The molecule has 3 aromatic rings. The van der Waals surface area contributed by atoms with E-state index in [2.05, 4.69) is 40.3 Å². The maximum atomic E-state index is 5.81. The van der Waals surface area contributed by atoms with Crippen LogP contribution in [0.25, 0.3) is 5.65 Å². The first-order valence-electron chi connectivity index (χ1n) is 7.80. The zero-order chi connectivity index (χ0) is 14.9. The van der Waals surface area contributed by atoms with Crippen LogP contribution in [0, 0.1) is 0 Å². The lowest BCUT2D eigenvalue weighted by atomic mass is 10.00. The fourth-order valence-corrected chi connectivity index (χ4v) is 3.20. The summed E-state index contributed by atoms with van der Waals surface area (Å²) in [5, 5.41) is 0. The fourth-order valence-electron chi connectivity index (χ4n) is 3.20. The molecule has 2 N–H and O–H groups in total. The molecule has 1 aromatic carbocycles. The number of imidazole rings is 1. The van der Waals surface area contributed by atoms with E-state index in [-0.39, 0.29) is 0 Å². The molecule has 0 aliphatic carbocycles. The van der Waals surface area contributed by atoms with Crippen LogP contribution in [0.2, 0.25) is 0 Å². The van der Waals surface area contributed by atoms with Crippen molar-refractivity contribution in [2.45, 2.75) is 19.4 Å². The van der Waals surface area contributed by atoms with Crippen LogP contribution in [0.1, 0.15) is 16.8 Å². The standard InChI is InChI=1S/C18H20N4/c19-16-5-6-18-20-17(13-22(18)12-16)8-10-21-9-7-14-3-1-2-4-15(14)11-21/h1-6,12-13H,7-11,19H2. The third-order valence-electron chi connectivity index (χ3n) is 4.42. The molecule has 0 unspecified atom stereocenters. The highest BCUT2D eigenvalue weighted by molar-refractivity contribution is 5.48. The SMILES string of the molecule is Nc1ccc2nc(CCN3CCc4ccccc4C3)cn2c1. The number of rotatable bonds is 3. The first kappa shape index (κ1) is 13.3. The van der Waals surface area contributed by atoms with Gasteiger partial charge in [0.25, 0.3) is 0 Å². The molecule has 4 nitrogen and oxygen atoms in total. The van der Waals surface area contributed by atoms with Gasteiger partial charge in [0.15, 0.2) is 0 Å². The third kappa shape index (κ3) is 2.57. The molecule has 4 rings (SSSR count). The summed E-state index contributed by atoms with van der Waals surface area (Å²) >= 11 is 0. The van der Waals surface area contributed by atoms with E-state index in [0.717, 1.165) is 49.5 Å². The smallest absolute Gasteiger partial charge is 0.137 e. The summed E-state index contributed by atoms with van der Waals surface area (Å²) in [5.41, 5.74) is 11.6. The monoisotopic (exact) mass is 292 g/mol. The lowest BCUT2D eigenvalue weighted by Crippen LogP contribution is -2.32. The van der Waals surface area contributed by atoms with Crippen LogP contribution in [0.5, 0.6) is 0 Å². The molecule has 0 spiro atoms. The number of nitrogen functional groups attached to an aromatic ring is 1. The normalized spacial score (nSPS) is 15.1. The van der Waals surface area contributed by atoms with Crippen molar-refractivity contribution in [3.8, 4) is 0 Å². The summed E-state index contributed by atoms with van der Waals surface area (Å²) in [6.07, 6.45) is 6.13. The minimum absolute atomic E-state index is 0.768. The Balaban J connectivity index is 1.44. The second kappa shape index (κ2) is 5.46. The lowest BCUT2D eigenvalue weighted by Gasteiger charge is -2.28. The Hall–Kier alpha value is -2.33. The highest BCUT2D eigenvalue weighted by Gasteiger charge is 2.15. The molecule has 0 saturated carbocycles. The molecule has 4 heteroatoms. The Labute approximate surface area is 130 Å². The Morgan fingerprint density at radius 3 is 2.82 bits per heavy atom. The van der Waals surface area contributed by atoms with Gasteiger partial charge in [0.1, 0.15) is 5.65 Å². The molecule has 0 fully saturated rings. The van der Waals surface area contributed by atoms with Gasteiger partial charge in [-0.1, -0.05) is 24.3 Å². The molecule has 2 aromatic heterocycles. The van der Waals surface area contributed by atoms with Gasteiger partial charge in [-0.2, -0.15) is 0 Å². The minimum atomic E-state index is 0.768. The van der Waals surface area contributed by atoms with Crippen molar-refractivity contribution in [1.29, 1.82) is 0 Å². The van der Waals surface area contributed by atoms with Crippen molar-refractivity contribution < 1.29 is 0 Å². The molecular weight excluding hydrogens is 272 g/mol. The van der Waals surface area contributed by atoms with Gasteiger partial charge in [-0.15, -0.1) is 0 Å². The first-order chi connectivity index (χ1) is 10.8.